The highest BCUT2D eigenvalue weighted by Crippen LogP contribution is 2.12. The molecule has 0 aliphatic rings. The van der Waals surface area contributed by atoms with Crippen LogP contribution in [-0.4, -0.2) is 115 Å². The van der Waals surface area contributed by atoms with Crippen LogP contribution in [0.25, 0.3) is 11.0 Å². The molecule has 2 rings (SSSR count). The van der Waals surface area contributed by atoms with Crippen LogP contribution in [0.5, 0.6) is 0 Å². The van der Waals surface area contributed by atoms with Gasteiger partial charge in [-0.05, 0) is 45.9 Å². The minimum Gasteiger partial charge on any atom is -0.382 e. The summed E-state index contributed by atoms with van der Waals surface area (Å²) < 4.78 is 5.11. The molecule has 0 aliphatic heterocycles. The van der Waals surface area contributed by atoms with Crippen molar-refractivity contribution in [3.63, 3.8) is 0 Å². The molecule has 1 heterocycles. The quantitative estimate of drug-likeness (QED) is 0.163. The third kappa shape index (κ3) is 9.78. The van der Waals surface area contributed by atoms with Crippen LogP contribution in [0.2, 0.25) is 0 Å². The molecule has 13 heteroatoms. The van der Waals surface area contributed by atoms with Crippen LogP contribution < -0.4 is 16.0 Å². The van der Waals surface area contributed by atoms with E-state index in [1.807, 2.05) is 14.0 Å². The first-order valence-corrected chi connectivity index (χ1v) is 14.2. The summed E-state index contributed by atoms with van der Waals surface area (Å²) in [6.07, 6.45) is 6.92. The Hall–Kier alpha value is -4.49. The minimum atomic E-state index is -1.12. The van der Waals surface area contributed by atoms with Gasteiger partial charge in [-0.1, -0.05) is 30.9 Å². The zero-order valence-corrected chi connectivity index (χ0v) is 26.1. The number of carbonyl (C=O) groups is 5. The van der Waals surface area contributed by atoms with Crippen LogP contribution in [0.15, 0.2) is 54.9 Å². The fourth-order valence-electron chi connectivity index (χ4n) is 4.26. The van der Waals surface area contributed by atoms with E-state index in [1.165, 1.54) is 32.2 Å². The van der Waals surface area contributed by atoms with Crippen LogP contribution >= 0.6 is 0 Å². The van der Waals surface area contributed by atoms with Gasteiger partial charge in [-0.2, -0.15) is 0 Å². The first kappa shape index (κ1) is 35.7. The van der Waals surface area contributed by atoms with E-state index in [2.05, 4.69) is 32.5 Å². The summed E-state index contributed by atoms with van der Waals surface area (Å²) >= 11 is 0. The standard InChI is InChI=1S/C31H43N7O6/c1-20(32-4)22(3)37(5)23(17-39)12-8-9-13-24(18-40)38(6)31(43)21(2)34-30(42)28(19-44-7)36-29(41)27-16-33-25-14-10-11-15-26(25)35-27/h8-11,14-18,20-21,23-24,28,32H,3,12-13,19H2,1-2,4-7H3,(H,34,42)(H,36,41)/b9-8-/t20?,21?,23-,24-,28?/m0/s1. The molecule has 3 N–H and O–H groups in total. The summed E-state index contributed by atoms with van der Waals surface area (Å²) in [4.78, 5) is 74.0. The van der Waals surface area contributed by atoms with Gasteiger partial charge in [0.05, 0.1) is 35.9 Å². The van der Waals surface area contributed by atoms with Crippen LogP contribution in [0, 0.1) is 0 Å². The number of hydrogen-bond donors (Lipinski definition) is 3. The number of fused-ring (bicyclic) bond motifs is 1. The summed E-state index contributed by atoms with van der Waals surface area (Å²) in [5.74, 6) is -1.79. The van der Waals surface area contributed by atoms with E-state index in [0.717, 1.165) is 12.0 Å². The molecule has 0 aliphatic carbocycles. The average Bonchev–Trinajstić information content (AvgIpc) is 3.04. The Bertz CT molecular complexity index is 1350. The highest BCUT2D eigenvalue weighted by molar-refractivity contribution is 5.98. The van der Waals surface area contributed by atoms with Crippen molar-refractivity contribution in [2.24, 2.45) is 0 Å². The van der Waals surface area contributed by atoms with Gasteiger partial charge >= 0.3 is 0 Å². The SMILES string of the molecule is C=C(C(C)NC)N(C)[C@H](C=O)C/C=C\C[C@@H](C=O)N(C)C(=O)C(C)NC(=O)C(COC)NC(=O)c1cnc2ccccc2n1. The summed E-state index contributed by atoms with van der Waals surface area (Å²) in [5.41, 5.74) is 1.93. The molecule has 1 aromatic heterocycles. The lowest BCUT2D eigenvalue weighted by molar-refractivity contribution is -0.138. The number of likely N-dealkylation sites (N-methyl/N-ethyl adjacent to an activating group) is 3. The molecule has 0 fully saturated rings. The summed E-state index contributed by atoms with van der Waals surface area (Å²) in [6, 6.07) is 3.68. The second kappa shape index (κ2) is 17.6. The first-order chi connectivity index (χ1) is 21.0. The highest BCUT2D eigenvalue weighted by Gasteiger charge is 2.29. The predicted octanol–water partition coefficient (Wildman–Crippen LogP) is 0.863. The van der Waals surface area contributed by atoms with Crippen LogP contribution in [0.1, 0.15) is 37.2 Å². The maximum atomic E-state index is 13.1. The number of nitrogens with zero attached hydrogens (tertiary/aromatic N) is 4. The Morgan fingerprint density at radius 2 is 1.55 bits per heavy atom. The number of amides is 3. The fourth-order valence-corrected chi connectivity index (χ4v) is 4.26. The fraction of sp³-hybridized carbons (Fsp3) is 0.452. The van der Waals surface area contributed by atoms with Crippen molar-refractivity contribution in [3.05, 3.63) is 60.6 Å². The highest BCUT2D eigenvalue weighted by atomic mass is 16.5. The lowest BCUT2D eigenvalue weighted by Gasteiger charge is -2.30. The van der Waals surface area contributed by atoms with Gasteiger partial charge in [0.25, 0.3) is 5.91 Å². The van der Waals surface area contributed by atoms with Crippen molar-refractivity contribution in [1.82, 2.24) is 35.7 Å². The van der Waals surface area contributed by atoms with E-state index in [4.69, 9.17) is 4.74 Å². The number of aromatic nitrogens is 2. The van der Waals surface area contributed by atoms with Crippen LogP contribution in [0.4, 0.5) is 0 Å². The minimum absolute atomic E-state index is 0.00650. The lowest BCUT2D eigenvalue weighted by atomic mass is 10.1. The third-order valence-corrected chi connectivity index (χ3v) is 7.33. The zero-order chi connectivity index (χ0) is 32.8. The van der Waals surface area contributed by atoms with E-state index in [1.54, 1.807) is 48.4 Å². The second-order valence-corrected chi connectivity index (χ2v) is 10.4. The smallest absolute Gasteiger partial charge is 0.272 e. The zero-order valence-electron chi connectivity index (χ0n) is 26.1. The molecule has 44 heavy (non-hydrogen) atoms. The number of para-hydroxylation sites is 2. The molecular weight excluding hydrogens is 566 g/mol. The molecule has 1 aromatic carbocycles. The van der Waals surface area contributed by atoms with E-state index in [-0.39, 0.29) is 24.8 Å². The van der Waals surface area contributed by atoms with E-state index in [9.17, 15) is 24.0 Å². The average molecular weight is 610 g/mol. The van der Waals surface area contributed by atoms with Crippen LogP contribution in [-0.2, 0) is 23.9 Å². The number of nitrogens with one attached hydrogen (secondary N) is 3. The van der Waals surface area contributed by atoms with Crippen molar-refractivity contribution < 1.29 is 28.7 Å². The van der Waals surface area contributed by atoms with E-state index >= 15 is 0 Å². The van der Waals surface area contributed by atoms with Crippen molar-refractivity contribution >= 4 is 41.3 Å². The monoisotopic (exact) mass is 609 g/mol. The van der Waals surface area contributed by atoms with Crippen molar-refractivity contribution in [2.75, 3.05) is 34.9 Å². The van der Waals surface area contributed by atoms with Gasteiger partial charge in [0, 0.05) is 32.9 Å². The van der Waals surface area contributed by atoms with E-state index in [0.29, 0.717) is 23.7 Å². The normalized spacial score (nSPS) is 14.6. The summed E-state index contributed by atoms with van der Waals surface area (Å²) in [5, 5.41) is 8.24. The van der Waals surface area contributed by atoms with Gasteiger partial charge in [-0.25, -0.2) is 4.98 Å². The maximum Gasteiger partial charge on any atom is 0.272 e. The molecule has 3 amide bonds. The predicted molar refractivity (Wildman–Crippen MR) is 167 cm³/mol. The number of aldehydes is 2. The summed E-state index contributed by atoms with van der Waals surface area (Å²) in [6.45, 7) is 7.30. The van der Waals surface area contributed by atoms with Crippen molar-refractivity contribution in [1.29, 1.82) is 0 Å². The molecule has 0 bridgehead atoms. The largest absolute Gasteiger partial charge is 0.382 e. The molecule has 3 unspecified atom stereocenters. The molecule has 2 aromatic rings. The molecular formula is C31H43N7O6. The maximum absolute atomic E-state index is 13.1. The van der Waals surface area contributed by atoms with Gasteiger partial charge in [0.1, 0.15) is 30.3 Å². The number of rotatable bonds is 18. The molecule has 0 radical (unpaired) electrons. The number of ether oxygens (including phenoxy) is 1. The number of hydrogen-bond acceptors (Lipinski definition) is 10. The lowest BCUT2D eigenvalue weighted by Crippen LogP contribution is -2.55. The molecule has 238 valence electrons. The molecule has 5 atom stereocenters. The Labute approximate surface area is 258 Å². The first-order valence-electron chi connectivity index (χ1n) is 14.2. The van der Waals surface area contributed by atoms with Gasteiger partial charge in [0.15, 0.2) is 0 Å². The molecule has 0 spiro atoms. The Morgan fingerprint density at radius 3 is 2.11 bits per heavy atom. The Kier molecular flexibility index (Phi) is 14.3. The number of methoxy groups -OCH3 is 1. The summed E-state index contributed by atoms with van der Waals surface area (Å²) in [7, 11) is 6.44. The van der Waals surface area contributed by atoms with E-state index < -0.39 is 41.9 Å². The topological polar surface area (TPSA) is 163 Å². The molecule has 13 nitrogen and oxygen atoms in total. The molecule has 0 saturated heterocycles. The Balaban J connectivity index is 1.97. The van der Waals surface area contributed by atoms with Gasteiger partial charge in [-0.15, -0.1) is 0 Å². The number of benzene rings is 1. The Morgan fingerprint density at radius 1 is 0.955 bits per heavy atom. The van der Waals surface area contributed by atoms with Gasteiger partial charge in [-0.3, -0.25) is 19.4 Å². The second-order valence-electron chi connectivity index (χ2n) is 10.4. The van der Waals surface area contributed by atoms with Crippen molar-refractivity contribution in [3.8, 4) is 0 Å². The third-order valence-electron chi connectivity index (χ3n) is 7.33. The van der Waals surface area contributed by atoms with Gasteiger partial charge < -0.3 is 40.1 Å². The van der Waals surface area contributed by atoms with Crippen molar-refractivity contribution in [2.45, 2.75) is 56.9 Å². The number of carbonyl (C=O) groups excluding carboxylic acids is 5. The van der Waals surface area contributed by atoms with Gasteiger partial charge in [0.2, 0.25) is 11.8 Å². The van der Waals surface area contributed by atoms with Crippen LogP contribution in [0.3, 0.4) is 0 Å². The molecule has 0 saturated carbocycles.